The summed E-state index contributed by atoms with van der Waals surface area (Å²) in [6.45, 7) is 1.71. The number of carbonyl (C=O) groups is 2. The Morgan fingerprint density at radius 1 is 1.53 bits per heavy atom. The number of hydrogen-bond donors (Lipinski definition) is 3. The van der Waals surface area contributed by atoms with E-state index in [0.29, 0.717) is 17.8 Å². The van der Waals surface area contributed by atoms with Gasteiger partial charge in [-0.05, 0) is 12.1 Å². The average Bonchev–Trinajstić information content (AvgIpc) is 2.25. The fraction of sp³-hybridized carbons (Fsp3) is 0.222. The van der Waals surface area contributed by atoms with E-state index in [1.807, 2.05) is 5.43 Å². The number of hydrazine groups is 1. The lowest BCUT2D eigenvalue weighted by atomic mass is 10.2. The number of pyridine rings is 1. The van der Waals surface area contributed by atoms with E-state index < -0.39 is 0 Å². The SMILES string of the molecule is CC(=O)NCc1cc(C(=O)NN)ccn1. The first-order valence-electron chi connectivity index (χ1n) is 4.34. The van der Waals surface area contributed by atoms with E-state index in [0.717, 1.165) is 0 Å². The second kappa shape index (κ2) is 5.06. The maximum absolute atomic E-state index is 11.2. The van der Waals surface area contributed by atoms with Crippen LogP contribution in [0.3, 0.4) is 0 Å². The quantitative estimate of drug-likeness (QED) is 0.348. The Morgan fingerprint density at radius 3 is 2.87 bits per heavy atom. The molecular weight excluding hydrogens is 196 g/mol. The molecule has 0 atom stereocenters. The fourth-order valence-corrected chi connectivity index (χ4v) is 1.01. The van der Waals surface area contributed by atoms with Gasteiger partial charge >= 0.3 is 0 Å². The average molecular weight is 208 g/mol. The van der Waals surface area contributed by atoms with E-state index >= 15 is 0 Å². The minimum absolute atomic E-state index is 0.148. The molecule has 0 aliphatic heterocycles. The molecule has 0 spiro atoms. The molecule has 15 heavy (non-hydrogen) atoms. The van der Waals surface area contributed by atoms with Gasteiger partial charge in [-0.3, -0.25) is 20.0 Å². The van der Waals surface area contributed by atoms with Crippen LogP contribution in [0.4, 0.5) is 0 Å². The Hall–Kier alpha value is -1.95. The Kier molecular flexibility index (Phi) is 3.75. The molecule has 1 rings (SSSR count). The normalized spacial score (nSPS) is 9.47. The van der Waals surface area contributed by atoms with Gasteiger partial charge in [-0.15, -0.1) is 0 Å². The summed E-state index contributed by atoms with van der Waals surface area (Å²) in [5, 5.41) is 2.58. The van der Waals surface area contributed by atoms with Crippen molar-refractivity contribution in [1.29, 1.82) is 0 Å². The summed E-state index contributed by atoms with van der Waals surface area (Å²) in [7, 11) is 0. The summed E-state index contributed by atoms with van der Waals surface area (Å²) < 4.78 is 0. The molecule has 0 aliphatic carbocycles. The fourth-order valence-electron chi connectivity index (χ4n) is 1.01. The molecule has 1 heterocycles. The van der Waals surface area contributed by atoms with Crippen molar-refractivity contribution in [3.8, 4) is 0 Å². The highest BCUT2D eigenvalue weighted by molar-refractivity contribution is 5.93. The first-order chi connectivity index (χ1) is 7.13. The zero-order valence-electron chi connectivity index (χ0n) is 8.28. The second-order valence-corrected chi connectivity index (χ2v) is 2.92. The predicted octanol–water partition coefficient (Wildman–Crippen LogP) is -0.679. The molecule has 6 heteroatoms. The molecule has 0 saturated heterocycles. The minimum atomic E-state index is -0.388. The van der Waals surface area contributed by atoms with Gasteiger partial charge in [-0.2, -0.15) is 0 Å². The number of carbonyl (C=O) groups excluding carboxylic acids is 2. The van der Waals surface area contributed by atoms with Gasteiger partial charge in [-0.1, -0.05) is 0 Å². The molecule has 6 nitrogen and oxygen atoms in total. The summed E-state index contributed by atoms with van der Waals surface area (Å²) in [6, 6.07) is 3.11. The van der Waals surface area contributed by atoms with Crippen LogP contribution in [-0.2, 0) is 11.3 Å². The van der Waals surface area contributed by atoms with Crippen LogP contribution in [0.5, 0.6) is 0 Å². The largest absolute Gasteiger partial charge is 0.351 e. The molecule has 0 aromatic carbocycles. The van der Waals surface area contributed by atoms with Crippen molar-refractivity contribution in [2.75, 3.05) is 0 Å². The van der Waals surface area contributed by atoms with Gasteiger partial charge in [0.15, 0.2) is 0 Å². The molecule has 1 aromatic heterocycles. The molecule has 2 amide bonds. The number of nitrogens with one attached hydrogen (secondary N) is 2. The van der Waals surface area contributed by atoms with Crippen molar-refractivity contribution in [3.05, 3.63) is 29.6 Å². The first kappa shape index (κ1) is 11.1. The number of aromatic nitrogens is 1. The lowest BCUT2D eigenvalue weighted by molar-refractivity contribution is -0.119. The van der Waals surface area contributed by atoms with Crippen molar-refractivity contribution < 1.29 is 9.59 Å². The third-order valence-electron chi connectivity index (χ3n) is 1.73. The summed E-state index contributed by atoms with van der Waals surface area (Å²) in [6.07, 6.45) is 1.49. The predicted molar refractivity (Wildman–Crippen MR) is 53.4 cm³/mol. The Morgan fingerprint density at radius 2 is 2.27 bits per heavy atom. The molecule has 0 fully saturated rings. The Labute approximate surface area is 86.8 Å². The smallest absolute Gasteiger partial charge is 0.265 e. The van der Waals surface area contributed by atoms with E-state index in [4.69, 9.17) is 5.84 Å². The number of nitrogens with zero attached hydrogens (tertiary/aromatic N) is 1. The van der Waals surface area contributed by atoms with Crippen molar-refractivity contribution in [2.24, 2.45) is 5.84 Å². The maximum Gasteiger partial charge on any atom is 0.265 e. The lowest BCUT2D eigenvalue weighted by Gasteiger charge is -2.03. The van der Waals surface area contributed by atoms with Crippen LogP contribution in [0.2, 0.25) is 0 Å². The standard InChI is InChI=1S/C9H12N4O2/c1-6(14)12-5-8-4-7(2-3-11-8)9(15)13-10/h2-4H,5,10H2,1H3,(H,12,14)(H,13,15). The maximum atomic E-state index is 11.2. The summed E-state index contributed by atoms with van der Waals surface area (Å²) in [4.78, 5) is 25.8. The highest BCUT2D eigenvalue weighted by atomic mass is 16.2. The molecular formula is C9H12N4O2. The summed E-state index contributed by atoms with van der Waals surface area (Å²) >= 11 is 0. The van der Waals surface area contributed by atoms with Crippen molar-refractivity contribution >= 4 is 11.8 Å². The first-order valence-corrected chi connectivity index (χ1v) is 4.34. The van der Waals surface area contributed by atoms with Crippen molar-refractivity contribution in [2.45, 2.75) is 13.5 Å². The number of hydrogen-bond acceptors (Lipinski definition) is 4. The van der Waals surface area contributed by atoms with Gasteiger partial charge in [0.05, 0.1) is 12.2 Å². The van der Waals surface area contributed by atoms with Gasteiger partial charge in [0, 0.05) is 18.7 Å². The molecule has 0 aliphatic rings. The van der Waals surface area contributed by atoms with Crippen molar-refractivity contribution in [3.63, 3.8) is 0 Å². The van der Waals surface area contributed by atoms with Gasteiger partial charge in [0.25, 0.3) is 5.91 Å². The van der Waals surface area contributed by atoms with Crippen LogP contribution in [-0.4, -0.2) is 16.8 Å². The third-order valence-corrected chi connectivity index (χ3v) is 1.73. The molecule has 0 bridgehead atoms. The highest BCUT2D eigenvalue weighted by Crippen LogP contribution is 2.01. The Balaban J connectivity index is 2.74. The molecule has 4 N–H and O–H groups in total. The third kappa shape index (κ3) is 3.35. The number of rotatable bonds is 3. The Bertz CT molecular complexity index is 378. The van der Waals surface area contributed by atoms with E-state index in [9.17, 15) is 9.59 Å². The van der Waals surface area contributed by atoms with Gasteiger partial charge in [0.1, 0.15) is 0 Å². The molecule has 0 radical (unpaired) electrons. The molecule has 0 unspecified atom stereocenters. The van der Waals surface area contributed by atoms with Crippen LogP contribution in [0.1, 0.15) is 23.0 Å². The van der Waals surface area contributed by atoms with E-state index in [1.54, 1.807) is 12.1 Å². The van der Waals surface area contributed by atoms with Crippen LogP contribution in [0, 0.1) is 0 Å². The van der Waals surface area contributed by atoms with Crippen LogP contribution >= 0.6 is 0 Å². The van der Waals surface area contributed by atoms with Gasteiger partial charge < -0.3 is 5.32 Å². The monoisotopic (exact) mass is 208 g/mol. The number of nitrogen functional groups attached to an aromatic ring is 1. The second-order valence-electron chi connectivity index (χ2n) is 2.92. The van der Waals surface area contributed by atoms with Gasteiger partial charge in [0.2, 0.25) is 5.91 Å². The summed E-state index contributed by atoms with van der Waals surface area (Å²) in [5.74, 6) is 4.45. The number of amides is 2. The van der Waals surface area contributed by atoms with Crippen LogP contribution < -0.4 is 16.6 Å². The van der Waals surface area contributed by atoms with E-state index in [2.05, 4.69) is 10.3 Å². The lowest BCUT2D eigenvalue weighted by Crippen LogP contribution is -2.30. The van der Waals surface area contributed by atoms with E-state index in [1.165, 1.54) is 13.1 Å². The molecule has 80 valence electrons. The zero-order chi connectivity index (χ0) is 11.3. The van der Waals surface area contributed by atoms with Crippen LogP contribution in [0.25, 0.3) is 0 Å². The summed E-state index contributed by atoms with van der Waals surface area (Å²) in [5.41, 5.74) is 3.03. The highest BCUT2D eigenvalue weighted by Gasteiger charge is 2.04. The topological polar surface area (TPSA) is 97.1 Å². The van der Waals surface area contributed by atoms with Gasteiger partial charge in [-0.25, -0.2) is 5.84 Å². The molecule has 1 aromatic rings. The zero-order valence-corrected chi connectivity index (χ0v) is 8.28. The number of nitrogens with two attached hydrogens (primary N) is 1. The van der Waals surface area contributed by atoms with Crippen molar-refractivity contribution in [1.82, 2.24) is 15.7 Å². The molecule has 0 saturated carbocycles. The van der Waals surface area contributed by atoms with Crippen LogP contribution in [0.15, 0.2) is 18.3 Å². The van der Waals surface area contributed by atoms with E-state index in [-0.39, 0.29) is 11.8 Å². The minimum Gasteiger partial charge on any atom is -0.351 e.